The number of fused-ring (bicyclic) bond motifs is 1. The van der Waals surface area contributed by atoms with Crippen LogP contribution in [0.1, 0.15) is 37.0 Å². The van der Waals surface area contributed by atoms with E-state index >= 15 is 0 Å². The van der Waals surface area contributed by atoms with Gasteiger partial charge in [-0.1, -0.05) is 38.5 Å². The Morgan fingerprint density at radius 2 is 1.78 bits per heavy atom. The van der Waals surface area contributed by atoms with E-state index in [1.54, 1.807) is 19.2 Å². The third kappa shape index (κ3) is 4.31. The molecule has 0 aliphatic carbocycles. The van der Waals surface area contributed by atoms with Crippen molar-refractivity contribution >= 4 is 22.5 Å². The van der Waals surface area contributed by atoms with E-state index in [1.807, 2.05) is 38.1 Å². The van der Waals surface area contributed by atoms with E-state index in [9.17, 15) is 9.59 Å². The van der Waals surface area contributed by atoms with Gasteiger partial charge in [0.1, 0.15) is 5.75 Å². The van der Waals surface area contributed by atoms with Crippen molar-refractivity contribution in [2.75, 3.05) is 13.7 Å². The Kier molecular flexibility index (Phi) is 5.74. The summed E-state index contributed by atoms with van der Waals surface area (Å²) in [6.07, 6.45) is 1.68. The summed E-state index contributed by atoms with van der Waals surface area (Å²) in [5, 5.41) is 1.94. The van der Waals surface area contributed by atoms with E-state index in [-0.39, 0.29) is 24.3 Å². The Hall–Kier alpha value is -2.36. The zero-order valence-electron chi connectivity index (χ0n) is 13.8. The fourth-order valence-electron chi connectivity index (χ4n) is 2.44. The molecule has 0 aliphatic rings. The van der Waals surface area contributed by atoms with Gasteiger partial charge in [-0.25, -0.2) is 0 Å². The van der Waals surface area contributed by atoms with Crippen LogP contribution in [0.2, 0.25) is 0 Å². The van der Waals surface area contributed by atoms with Gasteiger partial charge in [0, 0.05) is 5.56 Å². The first kappa shape index (κ1) is 17.0. The lowest BCUT2D eigenvalue weighted by Crippen LogP contribution is -2.19. The van der Waals surface area contributed by atoms with E-state index < -0.39 is 0 Å². The van der Waals surface area contributed by atoms with Gasteiger partial charge < -0.3 is 9.47 Å². The second kappa shape index (κ2) is 7.77. The Morgan fingerprint density at radius 3 is 2.48 bits per heavy atom. The van der Waals surface area contributed by atoms with Gasteiger partial charge in [0.15, 0.2) is 12.4 Å². The summed E-state index contributed by atoms with van der Waals surface area (Å²) in [5.41, 5.74) is 0.540. The molecule has 0 saturated heterocycles. The molecule has 2 aromatic carbocycles. The van der Waals surface area contributed by atoms with Crippen molar-refractivity contribution in [3.8, 4) is 5.75 Å². The van der Waals surface area contributed by atoms with Crippen LogP contribution < -0.4 is 4.74 Å². The average molecular weight is 314 g/mol. The van der Waals surface area contributed by atoms with Crippen LogP contribution >= 0.6 is 0 Å². The predicted molar refractivity (Wildman–Crippen MR) is 89.9 cm³/mol. The normalized spacial score (nSPS) is 12.0. The van der Waals surface area contributed by atoms with Crippen LogP contribution in [0.4, 0.5) is 0 Å². The molecule has 4 heteroatoms. The minimum absolute atomic E-state index is 0.170. The van der Waals surface area contributed by atoms with Crippen molar-refractivity contribution < 1.29 is 19.1 Å². The number of ketones is 1. The second-order valence-electron chi connectivity index (χ2n) is 5.65. The largest absolute Gasteiger partial charge is 0.497 e. The zero-order chi connectivity index (χ0) is 16.8. The summed E-state index contributed by atoms with van der Waals surface area (Å²) in [7, 11) is 1.62. The molecule has 1 atom stereocenters. The molecule has 0 bridgehead atoms. The van der Waals surface area contributed by atoms with E-state index in [1.165, 1.54) is 0 Å². The number of rotatable bonds is 7. The molecule has 0 heterocycles. The summed E-state index contributed by atoms with van der Waals surface area (Å²) in [6.45, 7) is 3.62. The summed E-state index contributed by atoms with van der Waals surface area (Å²) in [5.74, 6) is 0.0952. The monoisotopic (exact) mass is 314 g/mol. The van der Waals surface area contributed by atoms with Gasteiger partial charge in [-0.15, -0.1) is 0 Å². The minimum atomic E-state index is -0.314. The Balaban J connectivity index is 2.05. The number of ether oxygens (including phenoxy) is 2. The number of Topliss-reactive ketones (excluding diaryl/α,β-unsaturated/α-hetero) is 1. The SMILES string of the molecule is CCC[C@@H](C)C(=O)OCC(=O)c1ccc2cc(OC)ccc2c1. The number of esters is 1. The molecular weight excluding hydrogens is 292 g/mol. The standard InChI is InChI=1S/C19H22O4/c1-4-5-13(2)19(21)23-12-18(20)16-7-6-15-11-17(22-3)9-8-14(15)10-16/h6-11,13H,4-5,12H2,1-3H3/t13-/m1/s1. The first-order valence-electron chi connectivity index (χ1n) is 7.82. The molecule has 0 aliphatic heterocycles. The summed E-state index contributed by atoms with van der Waals surface area (Å²) in [6, 6.07) is 11.1. The molecule has 0 saturated carbocycles. The summed E-state index contributed by atoms with van der Waals surface area (Å²) in [4.78, 5) is 24.0. The van der Waals surface area contributed by atoms with Crippen LogP contribution in [-0.4, -0.2) is 25.5 Å². The lowest BCUT2D eigenvalue weighted by Gasteiger charge is -2.10. The van der Waals surface area contributed by atoms with Crippen LogP contribution in [0, 0.1) is 5.92 Å². The molecule has 2 aromatic rings. The highest BCUT2D eigenvalue weighted by Crippen LogP contribution is 2.22. The smallest absolute Gasteiger partial charge is 0.309 e. The molecule has 0 amide bonds. The molecule has 23 heavy (non-hydrogen) atoms. The average Bonchev–Trinajstić information content (AvgIpc) is 2.58. The zero-order valence-corrected chi connectivity index (χ0v) is 13.8. The van der Waals surface area contributed by atoms with Gasteiger partial charge in [-0.3, -0.25) is 9.59 Å². The molecular formula is C19H22O4. The molecule has 0 N–H and O–H groups in total. The number of carbonyl (C=O) groups excluding carboxylic acids is 2. The Morgan fingerprint density at radius 1 is 1.09 bits per heavy atom. The fraction of sp³-hybridized carbons (Fsp3) is 0.368. The van der Waals surface area contributed by atoms with Gasteiger partial charge in [-0.05, 0) is 35.4 Å². The number of hydrogen-bond donors (Lipinski definition) is 0. The molecule has 0 radical (unpaired) electrons. The first-order chi connectivity index (χ1) is 11.0. The molecule has 4 nitrogen and oxygen atoms in total. The van der Waals surface area contributed by atoms with Crippen molar-refractivity contribution in [3.63, 3.8) is 0 Å². The number of hydrogen-bond acceptors (Lipinski definition) is 4. The molecule has 0 aromatic heterocycles. The van der Waals surface area contributed by atoms with Crippen LogP contribution in [0.3, 0.4) is 0 Å². The number of methoxy groups -OCH3 is 1. The topological polar surface area (TPSA) is 52.6 Å². The maximum atomic E-state index is 12.2. The van der Waals surface area contributed by atoms with Gasteiger partial charge in [0.25, 0.3) is 0 Å². The minimum Gasteiger partial charge on any atom is -0.497 e. The van der Waals surface area contributed by atoms with Crippen molar-refractivity contribution in [2.45, 2.75) is 26.7 Å². The van der Waals surface area contributed by atoms with Gasteiger partial charge >= 0.3 is 5.97 Å². The third-order valence-corrected chi connectivity index (χ3v) is 3.84. The highest BCUT2D eigenvalue weighted by atomic mass is 16.5. The maximum Gasteiger partial charge on any atom is 0.309 e. The van der Waals surface area contributed by atoms with E-state index in [4.69, 9.17) is 9.47 Å². The van der Waals surface area contributed by atoms with Gasteiger partial charge in [-0.2, -0.15) is 0 Å². The molecule has 2 rings (SSSR count). The van der Waals surface area contributed by atoms with Crippen molar-refractivity contribution in [1.82, 2.24) is 0 Å². The molecule has 0 unspecified atom stereocenters. The third-order valence-electron chi connectivity index (χ3n) is 3.84. The lowest BCUT2D eigenvalue weighted by molar-refractivity contribution is -0.146. The van der Waals surface area contributed by atoms with Crippen LogP contribution in [-0.2, 0) is 9.53 Å². The highest BCUT2D eigenvalue weighted by Gasteiger charge is 2.16. The summed E-state index contributed by atoms with van der Waals surface area (Å²) < 4.78 is 10.3. The number of carbonyl (C=O) groups is 2. The molecule has 0 spiro atoms. The van der Waals surface area contributed by atoms with Gasteiger partial charge in [0.2, 0.25) is 0 Å². The Bertz CT molecular complexity index is 706. The van der Waals surface area contributed by atoms with Crippen molar-refractivity contribution in [1.29, 1.82) is 0 Å². The first-order valence-corrected chi connectivity index (χ1v) is 7.82. The van der Waals surface area contributed by atoms with Crippen molar-refractivity contribution in [2.24, 2.45) is 5.92 Å². The Labute approximate surface area is 136 Å². The quantitative estimate of drug-likeness (QED) is 0.572. The molecule has 0 fully saturated rings. The van der Waals surface area contributed by atoms with E-state index in [0.29, 0.717) is 5.56 Å². The summed E-state index contributed by atoms with van der Waals surface area (Å²) >= 11 is 0. The van der Waals surface area contributed by atoms with Crippen LogP contribution in [0.5, 0.6) is 5.75 Å². The highest BCUT2D eigenvalue weighted by molar-refractivity contribution is 6.01. The number of benzene rings is 2. The van der Waals surface area contributed by atoms with Crippen LogP contribution in [0.15, 0.2) is 36.4 Å². The van der Waals surface area contributed by atoms with Crippen molar-refractivity contribution in [3.05, 3.63) is 42.0 Å². The lowest BCUT2D eigenvalue weighted by atomic mass is 10.0. The predicted octanol–water partition coefficient (Wildman–Crippen LogP) is 4.01. The van der Waals surface area contributed by atoms with E-state index in [2.05, 4.69) is 0 Å². The maximum absolute atomic E-state index is 12.2. The second-order valence-corrected chi connectivity index (χ2v) is 5.65. The van der Waals surface area contributed by atoms with Crippen LogP contribution in [0.25, 0.3) is 10.8 Å². The van der Waals surface area contributed by atoms with E-state index in [0.717, 1.165) is 29.4 Å². The van der Waals surface area contributed by atoms with Gasteiger partial charge in [0.05, 0.1) is 13.0 Å². The fourth-order valence-corrected chi connectivity index (χ4v) is 2.44. The molecule has 122 valence electrons.